The van der Waals surface area contributed by atoms with E-state index in [-0.39, 0.29) is 11.4 Å². The van der Waals surface area contributed by atoms with E-state index in [4.69, 9.17) is 20.8 Å². The normalized spacial score (nSPS) is 12.5. The summed E-state index contributed by atoms with van der Waals surface area (Å²) in [5.41, 5.74) is 4.18. The van der Waals surface area contributed by atoms with E-state index in [9.17, 15) is 4.79 Å². The van der Waals surface area contributed by atoms with Crippen molar-refractivity contribution >= 4 is 50.1 Å². The molecule has 0 saturated heterocycles. The number of amides is 1. The van der Waals surface area contributed by atoms with Gasteiger partial charge in [-0.05, 0) is 44.5 Å². The second kappa shape index (κ2) is 11.1. The van der Waals surface area contributed by atoms with Crippen molar-refractivity contribution in [2.24, 2.45) is 0 Å². The summed E-state index contributed by atoms with van der Waals surface area (Å²) in [6, 6.07) is 8.26. The van der Waals surface area contributed by atoms with Crippen LogP contribution >= 0.6 is 11.3 Å². The molecule has 10 nitrogen and oxygen atoms in total. The molecule has 0 saturated carbocycles. The number of rotatable bonds is 7. The second-order valence-corrected chi connectivity index (χ2v) is 9.99. The second-order valence-electron chi connectivity index (χ2n) is 8.96. The standard InChI is InChI=1S/C28H23FN6O4S/c1-14-6-19(26-22(7-14)34-25(37-5)13-32-26)27-35-21-9-20(29)23(10-24(21)40-27)38-15(2)16(3)39-28(36)33-18-8-17(30-4)11-31-12-18/h6-13,15-16H,1-3,5H3,(H,33,36)/t15-,16+/m0/s1. The molecule has 2 atom stereocenters. The van der Waals surface area contributed by atoms with Crippen LogP contribution in [0.1, 0.15) is 19.4 Å². The largest absolute Gasteiger partial charge is 0.484 e. The first-order valence-corrected chi connectivity index (χ1v) is 12.9. The van der Waals surface area contributed by atoms with Gasteiger partial charge in [-0.2, -0.15) is 0 Å². The van der Waals surface area contributed by atoms with Crippen LogP contribution in [0.3, 0.4) is 0 Å². The average Bonchev–Trinajstić information content (AvgIpc) is 3.34. The number of hydrogen-bond donors (Lipinski definition) is 1. The molecule has 0 bridgehead atoms. The molecule has 202 valence electrons. The third kappa shape index (κ3) is 5.60. The summed E-state index contributed by atoms with van der Waals surface area (Å²) in [5.74, 6) is -0.166. The average molecular weight is 559 g/mol. The number of nitrogens with one attached hydrogen (secondary N) is 1. The van der Waals surface area contributed by atoms with Crippen LogP contribution in [0.25, 0.3) is 36.7 Å². The van der Waals surface area contributed by atoms with Gasteiger partial charge in [0.15, 0.2) is 11.6 Å². The summed E-state index contributed by atoms with van der Waals surface area (Å²) in [5, 5.41) is 3.19. The maximum Gasteiger partial charge on any atom is 0.412 e. The zero-order valence-electron chi connectivity index (χ0n) is 21.9. The number of nitrogens with zero attached hydrogens (tertiary/aromatic N) is 5. The van der Waals surface area contributed by atoms with Crippen LogP contribution in [0.2, 0.25) is 0 Å². The molecule has 12 heteroatoms. The molecule has 0 spiro atoms. The molecule has 5 aromatic rings. The Labute approximate surface area is 232 Å². The number of ether oxygens (including phenoxy) is 3. The molecule has 0 aliphatic rings. The smallest absolute Gasteiger partial charge is 0.412 e. The summed E-state index contributed by atoms with van der Waals surface area (Å²) in [4.78, 5) is 33.1. The Morgan fingerprint density at radius 2 is 1.90 bits per heavy atom. The molecule has 0 radical (unpaired) electrons. The van der Waals surface area contributed by atoms with Crippen LogP contribution < -0.4 is 14.8 Å². The van der Waals surface area contributed by atoms with Crippen molar-refractivity contribution in [1.29, 1.82) is 0 Å². The fourth-order valence-electron chi connectivity index (χ4n) is 3.91. The van der Waals surface area contributed by atoms with Gasteiger partial charge < -0.3 is 14.2 Å². The third-order valence-corrected chi connectivity index (χ3v) is 7.07. The SMILES string of the molecule is [C-]#[N+]c1cncc(NC(=O)O[C@H](C)[C@H](C)Oc2cc3sc(-c4cc(C)cc5nc(OC)cnc45)nc3cc2F)c1. The molecule has 1 N–H and O–H groups in total. The molecule has 0 unspecified atom stereocenters. The number of thiazole rings is 1. The number of carbonyl (C=O) groups is 1. The Morgan fingerprint density at radius 3 is 2.67 bits per heavy atom. The number of methoxy groups -OCH3 is 1. The highest BCUT2D eigenvalue weighted by atomic mass is 32.1. The number of halogens is 1. The summed E-state index contributed by atoms with van der Waals surface area (Å²) in [6.45, 7) is 12.3. The lowest BCUT2D eigenvalue weighted by Gasteiger charge is -2.22. The Morgan fingerprint density at radius 1 is 1.07 bits per heavy atom. The Kier molecular flexibility index (Phi) is 7.39. The van der Waals surface area contributed by atoms with Gasteiger partial charge in [0.2, 0.25) is 11.6 Å². The zero-order valence-corrected chi connectivity index (χ0v) is 22.7. The van der Waals surface area contributed by atoms with E-state index < -0.39 is 24.1 Å². The van der Waals surface area contributed by atoms with Gasteiger partial charge >= 0.3 is 6.09 Å². The third-order valence-electron chi connectivity index (χ3n) is 6.02. The van der Waals surface area contributed by atoms with Crippen molar-refractivity contribution in [2.75, 3.05) is 12.4 Å². The van der Waals surface area contributed by atoms with Crippen molar-refractivity contribution in [1.82, 2.24) is 19.9 Å². The molecule has 3 heterocycles. The Hall–Kier alpha value is -4.89. The van der Waals surface area contributed by atoms with Gasteiger partial charge in [-0.15, -0.1) is 11.3 Å². The van der Waals surface area contributed by atoms with E-state index in [1.165, 1.54) is 43.0 Å². The molecule has 0 fully saturated rings. The van der Waals surface area contributed by atoms with Crippen molar-refractivity contribution in [3.05, 3.63) is 71.7 Å². The van der Waals surface area contributed by atoms with Crippen molar-refractivity contribution in [2.45, 2.75) is 33.0 Å². The quantitative estimate of drug-likeness (QED) is 0.219. The lowest BCUT2D eigenvalue weighted by atomic mass is 10.1. The van der Waals surface area contributed by atoms with Gasteiger partial charge in [0, 0.05) is 30.1 Å². The van der Waals surface area contributed by atoms with Crippen LogP contribution in [-0.2, 0) is 4.74 Å². The van der Waals surface area contributed by atoms with E-state index in [0.29, 0.717) is 37.8 Å². The van der Waals surface area contributed by atoms with E-state index in [1.807, 2.05) is 19.1 Å². The first-order valence-electron chi connectivity index (χ1n) is 12.1. The molecule has 40 heavy (non-hydrogen) atoms. The van der Waals surface area contributed by atoms with Crippen LogP contribution in [0, 0.1) is 19.3 Å². The fraction of sp³-hybridized carbons (Fsp3) is 0.214. The number of benzene rings is 2. The van der Waals surface area contributed by atoms with Gasteiger partial charge in [-0.1, -0.05) is 0 Å². The van der Waals surface area contributed by atoms with Gasteiger partial charge in [-0.3, -0.25) is 10.3 Å². The lowest BCUT2D eigenvalue weighted by molar-refractivity contribution is 0.0402. The molecule has 2 aromatic carbocycles. The highest BCUT2D eigenvalue weighted by Crippen LogP contribution is 2.37. The zero-order chi connectivity index (χ0) is 28.4. The van der Waals surface area contributed by atoms with Gasteiger partial charge in [0.25, 0.3) is 0 Å². The highest BCUT2D eigenvalue weighted by molar-refractivity contribution is 7.21. The van der Waals surface area contributed by atoms with Crippen LogP contribution in [0.5, 0.6) is 11.6 Å². The summed E-state index contributed by atoms with van der Waals surface area (Å²) >= 11 is 1.38. The van der Waals surface area contributed by atoms with Crippen molar-refractivity contribution in [3.8, 4) is 22.2 Å². The van der Waals surface area contributed by atoms with E-state index in [2.05, 4.69) is 30.1 Å². The number of aromatic nitrogens is 4. The van der Waals surface area contributed by atoms with Crippen molar-refractivity contribution < 1.29 is 23.4 Å². The van der Waals surface area contributed by atoms with Gasteiger partial charge in [-0.25, -0.2) is 29.0 Å². The molecule has 5 rings (SSSR count). The summed E-state index contributed by atoms with van der Waals surface area (Å²) in [7, 11) is 1.53. The summed E-state index contributed by atoms with van der Waals surface area (Å²) in [6.07, 6.45) is 2.18. The van der Waals surface area contributed by atoms with Crippen molar-refractivity contribution in [3.63, 3.8) is 0 Å². The molecule has 1 amide bonds. The molecular weight excluding hydrogens is 535 g/mol. The first kappa shape index (κ1) is 26.7. The number of hydrogen-bond acceptors (Lipinski definition) is 9. The van der Waals surface area contributed by atoms with E-state index >= 15 is 4.39 Å². The Balaban J connectivity index is 1.34. The van der Waals surface area contributed by atoms with E-state index in [0.717, 1.165) is 11.1 Å². The monoisotopic (exact) mass is 558 g/mol. The highest BCUT2D eigenvalue weighted by Gasteiger charge is 2.22. The molecule has 0 aliphatic heterocycles. The number of pyridine rings is 1. The Bertz CT molecular complexity index is 1790. The summed E-state index contributed by atoms with van der Waals surface area (Å²) < 4.78 is 32.2. The molecule has 3 aromatic heterocycles. The number of anilines is 1. The first-order chi connectivity index (χ1) is 19.2. The van der Waals surface area contributed by atoms with Gasteiger partial charge in [0.1, 0.15) is 17.2 Å². The predicted molar refractivity (Wildman–Crippen MR) is 150 cm³/mol. The van der Waals surface area contributed by atoms with Crippen LogP contribution in [0.4, 0.5) is 20.6 Å². The fourth-order valence-corrected chi connectivity index (χ4v) is 4.90. The topological polar surface area (TPSA) is 113 Å². The van der Waals surface area contributed by atoms with Gasteiger partial charge in [0.05, 0.1) is 46.8 Å². The predicted octanol–water partition coefficient (Wildman–Crippen LogP) is 6.71. The minimum absolute atomic E-state index is 0.0126. The number of aryl methyl sites for hydroxylation is 1. The lowest BCUT2D eigenvalue weighted by Crippen LogP contribution is -2.32. The number of fused-ring (bicyclic) bond motifs is 2. The molecule has 0 aliphatic carbocycles. The minimum atomic E-state index is -0.749. The minimum Gasteiger partial charge on any atom is -0.484 e. The van der Waals surface area contributed by atoms with Crippen LogP contribution in [0.15, 0.2) is 48.9 Å². The maximum absolute atomic E-state index is 15.0. The maximum atomic E-state index is 15.0. The number of carbonyl (C=O) groups excluding carboxylic acids is 1. The van der Waals surface area contributed by atoms with E-state index in [1.54, 1.807) is 26.1 Å². The van der Waals surface area contributed by atoms with Crippen LogP contribution in [-0.4, -0.2) is 45.3 Å². The molecular formula is C28H23FN6O4S.